The molecule has 36 heavy (non-hydrogen) atoms. The molecule has 0 radical (unpaired) electrons. The lowest BCUT2D eigenvalue weighted by molar-refractivity contribution is -0.137. The Labute approximate surface area is 208 Å². The number of carbonyl (C=O) groups is 1. The maximum atomic E-state index is 12.7. The summed E-state index contributed by atoms with van der Waals surface area (Å²) in [4.78, 5) is 17.7. The summed E-state index contributed by atoms with van der Waals surface area (Å²) in [6.07, 6.45) is -0.0987. The molecule has 1 aromatic heterocycles. The average molecular weight is 502 g/mol. The van der Waals surface area contributed by atoms with Gasteiger partial charge in [0.1, 0.15) is 6.61 Å². The number of nitrogens with zero attached hydrogens (tertiary/aromatic N) is 2. The van der Waals surface area contributed by atoms with Crippen molar-refractivity contribution in [3.05, 3.63) is 89.1 Å². The van der Waals surface area contributed by atoms with Gasteiger partial charge in [0, 0.05) is 31.4 Å². The fraction of sp³-hybridized carbons (Fsp3) is 0.333. The van der Waals surface area contributed by atoms with Crippen molar-refractivity contribution in [2.75, 3.05) is 13.2 Å². The number of hydrogen-bond acceptors (Lipinski definition) is 4. The molecule has 3 aromatic rings. The van der Waals surface area contributed by atoms with Crippen molar-refractivity contribution in [1.82, 2.24) is 9.88 Å². The fourth-order valence-corrected chi connectivity index (χ4v) is 3.48. The molecule has 0 fully saturated rings. The maximum Gasteiger partial charge on any atom is 0.416 e. The van der Waals surface area contributed by atoms with E-state index in [1.54, 1.807) is 17.7 Å². The number of carbonyl (C=O) groups excluding carboxylic acids is 1. The Morgan fingerprint density at radius 3 is 2.44 bits per heavy atom. The molecule has 0 atom stereocenters. The van der Waals surface area contributed by atoms with Gasteiger partial charge < -0.3 is 19.5 Å². The largest absolute Gasteiger partial charge is 0.469 e. The van der Waals surface area contributed by atoms with E-state index in [9.17, 15) is 18.0 Å². The summed E-state index contributed by atoms with van der Waals surface area (Å²) in [5.41, 5.74) is 2.70. The van der Waals surface area contributed by atoms with Crippen LogP contribution in [0.3, 0.4) is 0 Å². The number of aryl methyl sites for hydroxylation is 2. The Morgan fingerprint density at radius 1 is 1.06 bits per heavy atom. The van der Waals surface area contributed by atoms with Crippen molar-refractivity contribution in [2.24, 2.45) is 12.2 Å². The molecule has 0 aliphatic rings. The van der Waals surface area contributed by atoms with E-state index in [0.717, 1.165) is 36.2 Å². The standard InChI is InChI=1S/C27H30F3N3O3/c1-3-24(32-36-15-7-10-20-8-5-4-6-9-20)22-16-26(33(2)18-22)35-19-25(34)31-17-21-11-13-23(14-12-21)27(28,29)30/h4-6,8-9,11-14,16,18H,3,7,10,15,17,19H2,1-2H3,(H,31,34)/b32-24+. The summed E-state index contributed by atoms with van der Waals surface area (Å²) >= 11 is 0. The highest BCUT2D eigenvalue weighted by Crippen LogP contribution is 2.29. The predicted molar refractivity (Wildman–Crippen MR) is 132 cm³/mol. The average Bonchev–Trinajstić information content (AvgIpc) is 3.24. The molecule has 0 saturated heterocycles. The predicted octanol–water partition coefficient (Wildman–Crippen LogP) is 5.50. The Bertz CT molecular complexity index is 1140. The van der Waals surface area contributed by atoms with Gasteiger partial charge in [-0.25, -0.2) is 0 Å². The van der Waals surface area contributed by atoms with Gasteiger partial charge in [-0.3, -0.25) is 4.79 Å². The minimum absolute atomic E-state index is 0.104. The summed E-state index contributed by atoms with van der Waals surface area (Å²) in [7, 11) is 1.80. The highest BCUT2D eigenvalue weighted by Gasteiger charge is 2.29. The summed E-state index contributed by atoms with van der Waals surface area (Å²) in [5.74, 6) is 0.101. The molecule has 0 aliphatic heterocycles. The summed E-state index contributed by atoms with van der Waals surface area (Å²) in [5, 5.41) is 6.92. The van der Waals surface area contributed by atoms with Crippen LogP contribution in [0.15, 0.2) is 72.0 Å². The lowest BCUT2D eigenvalue weighted by Crippen LogP contribution is -2.28. The molecular weight excluding hydrogens is 471 g/mol. The van der Waals surface area contributed by atoms with E-state index in [2.05, 4.69) is 22.6 Å². The molecule has 0 bridgehead atoms. The van der Waals surface area contributed by atoms with Gasteiger partial charge >= 0.3 is 6.18 Å². The number of alkyl halides is 3. The maximum absolute atomic E-state index is 12.7. The number of aromatic nitrogens is 1. The topological polar surface area (TPSA) is 64.8 Å². The van der Waals surface area contributed by atoms with Gasteiger partial charge in [0.15, 0.2) is 12.5 Å². The molecule has 1 heterocycles. The normalized spacial score (nSPS) is 11.9. The fourth-order valence-electron chi connectivity index (χ4n) is 3.48. The van der Waals surface area contributed by atoms with Crippen LogP contribution in [0.4, 0.5) is 13.2 Å². The smallest absolute Gasteiger partial charge is 0.416 e. The summed E-state index contributed by atoms with van der Waals surface area (Å²) in [6, 6.07) is 16.6. The number of ether oxygens (including phenoxy) is 1. The molecule has 0 aliphatic carbocycles. The van der Waals surface area contributed by atoms with Gasteiger partial charge in [-0.05, 0) is 42.5 Å². The van der Waals surface area contributed by atoms with E-state index < -0.39 is 11.7 Å². The van der Waals surface area contributed by atoms with E-state index in [1.165, 1.54) is 17.7 Å². The number of hydrogen-bond donors (Lipinski definition) is 1. The minimum atomic E-state index is -4.39. The number of nitrogens with one attached hydrogen (secondary N) is 1. The second-order valence-corrected chi connectivity index (χ2v) is 8.25. The minimum Gasteiger partial charge on any atom is -0.469 e. The van der Waals surface area contributed by atoms with Crippen LogP contribution in [-0.2, 0) is 35.8 Å². The van der Waals surface area contributed by atoms with Gasteiger partial charge in [-0.2, -0.15) is 13.2 Å². The first-order chi connectivity index (χ1) is 17.3. The molecular formula is C27H30F3N3O3. The first-order valence-corrected chi connectivity index (χ1v) is 11.7. The number of halogens is 3. The Kier molecular flexibility index (Phi) is 9.55. The Balaban J connectivity index is 1.45. The highest BCUT2D eigenvalue weighted by molar-refractivity contribution is 6.00. The molecule has 1 N–H and O–H groups in total. The first kappa shape index (κ1) is 26.8. The van der Waals surface area contributed by atoms with Crippen LogP contribution in [0.1, 0.15) is 42.0 Å². The molecule has 6 nitrogen and oxygen atoms in total. The van der Waals surface area contributed by atoms with Gasteiger partial charge in [0.25, 0.3) is 5.91 Å². The third-order valence-electron chi connectivity index (χ3n) is 5.47. The van der Waals surface area contributed by atoms with Gasteiger partial charge in [0.2, 0.25) is 0 Å². The van der Waals surface area contributed by atoms with E-state index in [4.69, 9.17) is 9.57 Å². The zero-order chi connectivity index (χ0) is 26.0. The van der Waals surface area contributed by atoms with Crippen molar-refractivity contribution in [1.29, 1.82) is 0 Å². The highest BCUT2D eigenvalue weighted by atomic mass is 19.4. The van der Waals surface area contributed by atoms with Crippen LogP contribution in [0.25, 0.3) is 0 Å². The SMILES string of the molecule is CC/C(=N\OCCCc1ccccc1)c1cc(OCC(=O)NCc2ccc(C(F)(F)F)cc2)n(C)c1. The van der Waals surface area contributed by atoms with Crippen LogP contribution in [-0.4, -0.2) is 29.4 Å². The van der Waals surface area contributed by atoms with Crippen molar-refractivity contribution >= 4 is 11.6 Å². The second-order valence-electron chi connectivity index (χ2n) is 8.25. The van der Waals surface area contributed by atoms with E-state index >= 15 is 0 Å². The molecule has 0 unspecified atom stereocenters. The lowest BCUT2D eigenvalue weighted by Gasteiger charge is -2.09. The molecule has 3 rings (SSSR count). The van der Waals surface area contributed by atoms with Crippen LogP contribution < -0.4 is 10.1 Å². The number of benzene rings is 2. The van der Waals surface area contributed by atoms with Crippen molar-refractivity contribution in [2.45, 2.75) is 38.9 Å². The molecule has 192 valence electrons. The van der Waals surface area contributed by atoms with Gasteiger partial charge in [0.05, 0.1) is 11.3 Å². The van der Waals surface area contributed by atoms with Crippen LogP contribution in [0, 0.1) is 0 Å². The lowest BCUT2D eigenvalue weighted by atomic mass is 10.1. The second kappa shape index (κ2) is 12.8. The molecule has 0 saturated carbocycles. The zero-order valence-corrected chi connectivity index (χ0v) is 20.3. The Hall–Kier alpha value is -3.75. The van der Waals surface area contributed by atoms with Crippen molar-refractivity contribution < 1.29 is 27.5 Å². The van der Waals surface area contributed by atoms with Crippen molar-refractivity contribution in [3.63, 3.8) is 0 Å². The van der Waals surface area contributed by atoms with E-state index in [0.29, 0.717) is 24.5 Å². The van der Waals surface area contributed by atoms with E-state index in [1.807, 2.05) is 31.3 Å². The first-order valence-electron chi connectivity index (χ1n) is 11.7. The summed E-state index contributed by atoms with van der Waals surface area (Å²) < 4.78 is 45.3. The van der Waals surface area contributed by atoms with Crippen molar-refractivity contribution in [3.8, 4) is 5.88 Å². The number of oxime groups is 1. The third kappa shape index (κ3) is 8.18. The molecule has 1 amide bonds. The monoisotopic (exact) mass is 501 g/mol. The van der Waals surface area contributed by atoms with Gasteiger partial charge in [-0.15, -0.1) is 0 Å². The molecule has 2 aromatic carbocycles. The van der Waals surface area contributed by atoms with Crippen LogP contribution in [0.5, 0.6) is 5.88 Å². The number of amides is 1. The quantitative estimate of drug-likeness (QED) is 0.202. The molecule has 9 heteroatoms. The third-order valence-corrected chi connectivity index (χ3v) is 5.47. The molecule has 0 spiro atoms. The zero-order valence-electron chi connectivity index (χ0n) is 20.3. The van der Waals surface area contributed by atoms with Gasteiger partial charge in [-0.1, -0.05) is 54.5 Å². The Morgan fingerprint density at radius 2 is 1.78 bits per heavy atom. The number of rotatable bonds is 12. The van der Waals surface area contributed by atoms with Crippen LogP contribution >= 0.6 is 0 Å². The van der Waals surface area contributed by atoms with E-state index in [-0.39, 0.29) is 19.1 Å². The van der Waals surface area contributed by atoms with Crippen LogP contribution in [0.2, 0.25) is 0 Å². The summed E-state index contributed by atoms with van der Waals surface area (Å²) in [6.45, 7) is 2.36.